The summed E-state index contributed by atoms with van der Waals surface area (Å²) in [5, 5.41) is 4.21. The summed E-state index contributed by atoms with van der Waals surface area (Å²) in [6.45, 7) is 10.1. The average Bonchev–Trinajstić information content (AvgIpc) is 2.86. The van der Waals surface area contributed by atoms with Gasteiger partial charge in [-0.3, -0.25) is 0 Å². The minimum absolute atomic E-state index is 0.0824. The molecule has 0 unspecified atom stereocenters. The molecule has 0 spiro atoms. The minimum atomic E-state index is -0.370. The Morgan fingerprint density at radius 3 is 2.74 bits per heavy atom. The van der Waals surface area contributed by atoms with E-state index in [9.17, 15) is 9.59 Å². The van der Waals surface area contributed by atoms with Crippen molar-refractivity contribution in [2.45, 2.75) is 72.8 Å². The lowest BCUT2D eigenvalue weighted by atomic mass is 9.45. The van der Waals surface area contributed by atoms with Crippen molar-refractivity contribution >= 4 is 17.7 Å². The Balaban J connectivity index is 1.67. The van der Waals surface area contributed by atoms with Gasteiger partial charge in [-0.1, -0.05) is 37.6 Å². The number of rotatable bonds is 1. The quantitative estimate of drug-likeness (QED) is 0.391. The van der Waals surface area contributed by atoms with Gasteiger partial charge in [0.05, 0.1) is 5.71 Å². The summed E-state index contributed by atoms with van der Waals surface area (Å²) in [7, 11) is 0. The van der Waals surface area contributed by atoms with E-state index >= 15 is 0 Å². The third-order valence-corrected chi connectivity index (χ3v) is 7.69. The highest BCUT2D eigenvalue weighted by Gasteiger charge is 2.57. The summed E-state index contributed by atoms with van der Waals surface area (Å²) in [4.78, 5) is 28.2. The maximum atomic E-state index is 12.0. The predicted octanol–water partition coefficient (Wildman–Crippen LogP) is 4.33. The van der Waals surface area contributed by atoms with Crippen LogP contribution in [-0.2, 0) is 19.2 Å². The molecule has 146 valence electrons. The molecule has 1 aliphatic heterocycles. The van der Waals surface area contributed by atoms with Gasteiger partial charge < -0.3 is 9.57 Å². The highest BCUT2D eigenvalue weighted by atomic mass is 16.7. The van der Waals surface area contributed by atoms with Gasteiger partial charge in [-0.2, -0.15) is 0 Å². The molecular weight excluding hydrogens is 342 g/mol. The molecule has 5 nitrogen and oxygen atoms in total. The van der Waals surface area contributed by atoms with Gasteiger partial charge in [0.15, 0.2) is 0 Å². The van der Waals surface area contributed by atoms with Gasteiger partial charge in [0.2, 0.25) is 0 Å². The van der Waals surface area contributed by atoms with E-state index in [-0.39, 0.29) is 28.9 Å². The second-order valence-corrected chi connectivity index (χ2v) is 9.42. The maximum Gasteiger partial charge on any atom is 0.334 e. The van der Waals surface area contributed by atoms with Crippen molar-refractivity contribution in [3.8, 4) is 0 Å². The lowest BCUT2D eigenvalue weighted by Gasteiger charge is -2.59. The number of fused-ring (bicyclic) bond motifs is 4. The summed E-state index contributed by atoms with van der Waals surface area (Å²) in [6, 6.07) is 0. The Bertz CT molecular complexity index is 803. The largest absolute Gasteiger partial charge is 0.454 e. The first-order valence-electron chi connectivity index (χ1n) is 10.0. The van der Waals surface area contributed by atoms with Crippen molar-refractivity contribution in [3.63, 3.8) is 0 Å². The smallest absolute Gasteiger partial charge is 0.334 e. The van der Waals surface area contributed by atoms with Gasteiger partial charge in [0, 0.05) is 23.5 Å². The molecule has 0 aromatic rings. The zero-order chi connectivity index (χ0) is 19.6. The Hall–Kier alpha value is -1.91. The fourth-order valence-corrected chi connectivity index (χ4v) is 6.23. The Morgan fingerprint density at radius 1 is 1.30 bits per heavy atom. The van der Waals surface area contributed by atoms with E-state index in [0.717, 1.165) is 49.0 Å². The molecule has 2 fully saturated rings. The highest BCUT2D eigenvalue weighted by Crippen LogP contribution is 2.62. The van der Waals surface area contributed by atoms with Crippen molar-refractivity contribution in [1.82, 2.24) is 0 Å². The van der Waals surface area contributed by atoms with E-state index in [4.69, 9.17) is 9.57 Å². The van der Waals surface area contributed by atoms with Gasteiger partial charge in [-0.15, -0.1) is 0 Å². The van der Waals surface area contributed by atoms with E-state index in [0.29, 0.717) is 11.8 Å². The number of ether oxygens (including phenoxy) is 1. The van der Waals surface area contributed by atoms with Gasteiger partial charge in [0.25, 0.3) is 0 Å². The van der Waals surface area contributed by atoms with Crippen molar-refractivity contribution in [2.24, 2.45) is 27.8 Å². The molecule has 0 bridgehead atoms. The van der Waals surface area contributed by atoms with Crippen LogP contribution >= 0.6 is 0 Å². The van der Waals surface area contributed by atoms with E-state index < -0.39 is 0 Å². The number of nitrogens with zero attached hydrogens (tertiary/aromatic N) is 1. The molecule has 27 heavy (non-hydrogen) atoms. The van der Waals surface area contributed by atoms with Crippen molar-refractivity contribution in [2.75, 3.05) is 0 Å². The maximum absolute atomic E-state index is 12.0. The van der Waals surface area contributed by atoms with Gasteiger partial charge in [0.1, 0.15) is 6.10 Å². The van der Waals surface area contributed by atoms with Crippen LogP contribution in [0.2, 0.25) is 0 Å². The first-order valence-corrected chi connectivity index (χ1v) is 10.0. The zero-order valence-electron chi connectivity index (χ0n) is 16.9. The number of oxime groups is 1. The summed E-state index contributed by atoms with van der Waals surface area (Å²) in [6.07, 6.45) is 7.06. The van der Waals surface area contributed by atoms with Crippen molar-refractivity contribution < 1.29 is 19.2 Å². The van der Waals surface area contributed by atoms with E-state index in [1.807, 2.05) is 6.92 Å². The molecular formula is C22H29NO4. The summed E-state index contributed by atoms with van der Waals surface area (Å²) in [5.41, 5.74) is 4.36. The summed E-state index contributed by atoms with van der Waals surface area (Å²) < 4.78 is 5.65. The molecule has 4 atom stereocenters. The van der Waals surface area contributed by atoms with Gasteiger partial charge in [-0.25, -0.2) is 9.59 Å². The molecule has 0 radical (unpaired) electrons. The molecule has 0 aromatic carbocycles. The van der Waals surface area contributed by atoms with Crippen LogP contribution in [0.15, 0.2) is 28.0 Å². The topological polar surface area (TPSA) is 65.0 Å². The third kappa shape index (κ3) is 2.69. The van der Waals surface area contributed by atoms with Crippen LogP contribution < -0.4 is 0 Å². The van der Waals surface area contributed by atoms with E-state index in [2.05, 4.69) is 32.0 Å². The average molecular weight is 371 g/mol. The molecule has 4 aliphatic rings. The van der Waals surface area contributed by atoms with E-state index in [1.165, 1.54) is 12.5 Å². The van der Waals surface area contributed by atoms with Crippen LogP contribution in [0, 0.1) is 22.7 Å². The van der Waals surface area contributed by atoms with Crippen LogP contribution in [0.3, 0.4) is 0 Å². The first-order chi connectivity index (χ1) is 12.6. The second kappa shape index (κ2) is 6.05. The summed E-state index contributed by atoms with van der Waals surface area (Å²) >= 11 is 0. The number of esters is 1. The van der Waals surface area contributed by atoms with Crippen LogP contribution in [0.5, 0.6) is 0 Å². The molecule has 0 saturated heterocycles. The molecule has 2 saturated carbocycles. The van der Waals surface area contributed by atoms with Crippen LogP contribution in [-0.4, -0.2) is 23.8 Å². The molecule has 5 heteroatoms. The molecule has 0 aromatic heterocycles. The number of carbonyl (C=O) groups is 2. The second-order valence-electron chi connectivity index (χ2n) is 9.42. The molecule has 1 heterocycles. The lowest BCUT2D eigenvalue weighted by molar-refractivity contribution is -0.142. The van der Waals surface area contributed by atoms with Crippen LogP contribution in [0.4, 0.5) is 0 Å². The zero-order valence-corrected chi connectivity index (χ0v) is 16.9. The third-order valence-electron chi connectivity index (χ3n) is 7.69. The van der Waals surface area contributed by atoms with Crippen molar-refractivity contribution in [1.29, 1.82) is 0 Å². The number of hydrogen-bond acceptors (Lipinski definition) is 5. The molecule has 0 amide bonds. The summed E-state index contributed by atoms with van der Waals surface area (Å²) in [5.74, 6) is 0.356. The predicted molar refractivity (Wildman–Crippen MR) is 102 cm³/mol. The van der Waals surface area contributed by atoms with Crippen molar-refractivity contribution in [3.05, 3.63) is 22.8 Å². The monoisotopic (exact) mass is 371 g/mol. The SMILES string of the molecule is CC(=O)O/N=C1\CC[C@@]2(C)[C@@H]3C[C@H]4OC(=O)C(C)=C4C=C3CC[C@@H]2C1(C)C. The molecule has 4 rings (SSSR count). The first kappa shape index (κ1) is 18.5. The van der Waals surface area contributed by atoms with Gasteiger partial charge in [-0.05, 0) is 56.3 Å². The number of hydrogen-bond donors (Lipinski definition) is 0. The fraction of sp³-hybridized carbons (Fsp3) is 0.682. The Morgan fingerprint density at radius 2 is 2.04 bits per heavy atom. The van der Waals surface area contributed by atoms with E-state index in [1.54, 1.807) is 0 Å². The normalized spacial score (nSPS) is 38.6. The number of allylic oxidation sites excluding steroid dienone is 1. The molecule has 3 aliphatic carbocycles. The highest BCUT2D eigenvalue weighted by molar-refractivity contribution is 5.93. The standard InChI is InChI=1S/C22H29NO4/c1-12-15-10-14-6-7-18-21(3,4)19(23-27-13(2)24)8-9-22(18,5)16(14)11-17(15)26-20(12)25/h10,16-18H,6-9,11H2,1-5H3/b23-19+/t16-,17-,18-,22+/m1/s1. The Kier molecular flexibility index (Phi) is 4.13. The van der Waals surface area contributed by atoms with Crippen LogP contribution in [0.25, 0.3) is 0 Å². The fourth-order valence-electron chi connectivity index (χ4n) is 6.23. The number of carbonyl (C=O) groups excluding carboxylic acids is 2. The minimum Gasteiger partial charge on any atom is -0.454 e. The van der Waals surface area contributed by atoms with Crippen LogP contribution in [0.1, 0.15) is 66.7 Å². The van der Waals surface area contributed by atoms with Gasteiger partial charge >= 0.3 is 11.9 Å². The Labute approximate surface area is 160 Å². The lowest BCUT2D eigenvalue weighted by Crippen LogP contribution is -2.54. The molecule has 0 N–H and O–H groups in total.